The van der Waals surface area contributed by atoms with Crippen molar-refractivity contribution in [1.29, 1.82) is 0 Å². The molecule has 1 N–H and O–H groups in total. The molecule has 0 heterocycles. The van der Waals surface area contributed by atoms with Crippen LogP contribution in [0.25, 0.3) is 0 Å². The van der Waals surface area contributed by atoms with Crippen molar-refractivity contribution in [2.75, 3.05) is 13.2 Å². The van der Waals surface area contributed by atoms with Gasteiger partial charge in [0.05, 0.1) is 17.6 Å². The molecule has 0 fully saturated rings. The van der Waals surface area contributed by atoms with E-state index in [4.69, 9.17) is 4.74 Å². The van der Waals surface area contributed by atoms with Crippen molar-refractivity contribution < 1.29 is 14.5 Å². The first-order valence-corrected chi connectivity index (χ1v) is 6.32. The number of benzene rings is 1. The molecule has 0 saturated carbocycles. The lowest BCUT2D eigenvalue weighted by Gasteiger charge is -2.07. The number of nitrogens with zero attached hydrogens (tertiary/aromatic N) is 1. The molecule has 1 aromatic carbocycles. The molecular formula is C14H18N2O4. The van der Waals surface area contributed by atoms with Crippen LogP contribution in [0, 0.1) is 17.0 Å². The van der Waals surface area contributed by atoms with Crippen LogP contribution in [0.4, 0.5) is 5.69 Å². The highest BCUT2D eigenvalue weighted by Crippen LogP contribution is 2.23. The largest absolute Gasteiger partial charge is 0.493 e. The molecule has 1 aromatic rings. The third-order valence-electron chi connectivity index (χ3n) is 2.70. The summed E-state index contributed by atoms with van der Waals surface area (Å²) in [5.41, 5.74) is 0.662. The van der Waals surface area contributed by atoms with Gasteiger partial charge in [-0.2, -0.15) is 0 Å². The topological polar surface area (TPSA) is 81.5 Å². The van der Waals surface area contributed by atoms with Gasteiger partial charge >= 0.3 is 0 Å². The Balaban J connectivity index is 2.32. The second-order valence-electron chi connectivity index (χ2n) is 4.26. The molecule has 0 saturated heterocycles. The maximum absolute atomic E-state index is 10.9. The van der Waals surface area contributed by atoms with E-state index in [1.807, 2.05) is 0 Å². The smallest absolute Gasteiger partial charge is 0.275 e. The van der Waals surface area contributed by atoms with Crippen molar-refractivity contribution in [3.05, 3.63) is 46.5 Å². The van der Waals surface area contributed by atoms with E-state index in [0.29, 0.717) is 24.5 Å². The molecule has 0 spiro atoms. The van der Waals surface area contributed by atoms with Crippen molar-refractivity contribution in [3.63, 3.8) is 0 Å². The molecule has 0 radical (unpaired) electrons. The fraction of sp³-hybridized carbons (Fsp3) is 0.357. The van der Waals surface area contributed by atoms with Crippen LogP contribution >= 0.6 is 0 Å². The van der Waals surface area contributed by atoms with Crippen molar-refractivity contribution >= 4 is 11.6 Å². The van der Waals surface area contributed by atoms with Crippen LogP contribution in [-0.2, 0) is 4.79 Å². The summed E-state index contributed by atoms with van der Waals surface area (Å²) < 4.78 is 5.45. The summed E-state index contributed by atoms with van der Waals surface area (Å²) in [5.74, 6) is 0.289. The Kier molecular flexibility index (Phi) is 6.22. The van der Waals surface area contributed by atoms with E-state index in [0.717, 1.165) is 12.8 Å². The van der Waals surface area contributed by atoms with Gasteiger partial charge < -0.3 is 10.1 Å². The summed E-state index contributed by atoms with van der Waals surface area (Å²) >= 11 is 0. The first-order chi connectivity index (χ1) is 9.54. The third-order valence-corrected chi connectivity index (χ3v) is 2.70. The van der Waals surface area contributed by atoms with E-state index in [2.05, 4.69) is 11.9 Å². The van der Waals surface area contributed by atoms with E-state index < -0.39 is 4.92 Å². The fourth-order valence-electron chi connectivity index (χ4n) is 1.58. The number of amides is 1. The molecule has 0 aliphatic heterocycles. The summed E-state index contributed by atoms with van der Waals surface area (Å²) in [5, 5.41) is 13.4. The van der Waals surface area contributed by atoms with Crippen LogP contribution in [0.1, 0.15) is 18.4 Å². The number of hydrogen-bond acceptors (Lipinski definition) is 4. The number of hydrogen-bond donors (Lipinski definition) is 1. The number of nitrogens with one attached hydrogen (secondary N) is 1. The van der Waals surface area contributed by atoms with Crippen LogP contribution in [-0.4, -0.2) is 24.0 Å². The fourth-order valence-corrected chi connectivity index (χ4v) is 1.58. The zero-order valence-electron chi connectivity index (χ0n) is 11.4. The van der Waals surface area contributed by atoms with E-state index in [1.54, 1.807) is 19.1 Å². The molecule has 0 aliphatic carbocycles. The Morgan fingerprint density at radius 3 is 2.90 bits per heavy atom. The van der Waals surface area contributed by atoms with Gasteiger partial charge in [0, 0.05) is 12.1 Å². The molecule has 1 rings (SSSR count). The van der Waals surface area contributed by atoms with Gasteiger partial charge in [-0.05, 0) is 38.0 Å². The number of nitro benzene ring substituents is 1. The highest BCUT2D eigenvalue weighted by atomic mass is 16.6. The summed E-state index contributed by atoms with van der Waals surface area (Å²) in [4.78, 5) is 21.2. The average molecular weight is 278 g/mol. The minimum atomic E-state index is -0.424. The molecule has 0 aromatic heterocycles. The van der Waals surface area contributed by atoms with Crippen molar-refractivity contribution in [2.45, 2.75) is 19.8 Å². The number of carbonyl (C=O) groups is 1. The molecule has 0 atom stereocenters. The maximum Gasteiger partial charge on any atom is 0.275 e. The monoisotopic (exact) mass is 278 g/mol. The van der Waals surface area contributed by atoms with E-state index in [-0.39, 0.29) is 11.6 Å². The molecule has 6 nitrogen and oxygen atoms in total. The van der Waals surface area contributed by atoms with Crippen LogP contribution in [0.5, 0.6) is 5.75 Å². The van der Waals surface area contributed by atoms with Crippen LogP contribution < -0.4 is 10.1 Å². The Morgan fingerprint density at radius 2 is 2.25 bits per heavy atom. The summed E-state index contributed by atoms with van der Waals surface area (Å²) in [7, 11) is 0. The molecule has 0 unspecified atom stereocenters. The van der Waals surface area contributed by atoms with E-state index in [1.165, 1.54) is 12.1 Å². The maximum atomic E-state index is 10.9. The minimum Gasteiger partial charge on any atom is -0.493 e. The van der Waals surface area contributed by atoms with Crippen molar-refractivity contribution in [3.8, 4) is 5.75 Å². The minimum absolute atomic E-state index is 0.0562. The first-order valence-electron chi connectivity index (χ1n) is 6.32. The van der Waals surface area contributed by atoms with Gasteiger partial charge in [-0.15, -0.1) is 0 Å². The predicted molar refractivity (Wildman–Crippen MR) is 75.8 cm³/mol. The zero-order chi connectivity index (χ0) is 15.0. The van der Waals surface area contributed by atoms with Gasteiger partial charge in [-0.1, -0.05) is 6.58 Å². The molecule has 0 aliphatic rings. The number of aryl methyl sites for hydroxylation is 1. The predicted octanol–water partition coefficient (Wildman–Crippen LogP) is 2.36. The molecule has 6 heteroatoms. The molecular weight excluding hydrogens is 260 g/mol. The third kappa shape index (κ3) is 5.09. The summed E-state index contributed by atoms with van der Waals surface area (Å²) in [6, 6.07) is 4.80. The van der Waals surface area contributed by atoms with Gasteiger partial charge in [0.1, 0.15) is 5.75 Å². The number of rotatable bonds is 8. The van der Waals surface area contributed by atoms with Gasteiger partial charge in [0.25, 0.3) is 5.69 Å². The molecule has 0 bridgehead atoms. The quantitative estimate of drug-likeness (QED) is 0.342. The van der Waals surface area contributed by atoms with Crippen molar-refractivity contribution in [2.24, 2.45) is 0 Å². The van der Waals surface area contributed by atoms with E-state index in [9.17, 15) is 14.9 Å². The molecule has 1 amide bonds. The zero-order valence-corrected chi connectivity index (χ0v) is 11.4. The standard InChI is InChI=1S/C14H18N2O4/c1-3-14(17)15-8-4-5-9-20-12-7-6-11(2)13(10-12)16(18)19/h3,6-7,10H,1,4-5,8-9H2,2H3,(H,15,17). The Morgan fingerprint density at radius 1 is 1.50 bits per heavy atom. The first kappa shape index (κ1) is 15.7. The number of nitro groups is 1. The number of unbranched alkanes of at least 4 members (excludes halogenated alkanes) is 1. The second kappa shape index (κ2) is 7.93. The highest BCUT2D eigenvalue weighted by Gasteiger charge is 2.11. The van der Waals surface area contributed by atoms with Gasteiger partial charge in [-0.25, -0.2) is 0 Å². The Bertz CT molecular complexity index is 500. The normalized spacial score (nSPS) is 9.85. The van der Waals surface area contributed by atoms with E-state index >= 15 is 0 Å². The van der Waals surface area contributed by atoms with Gasteiger partial charge in [-0.3, -0.25) is 14.9 Å². The number of ether oxygens (including phenoxy) is 1. The average Bonchev–Trinajstić information content (AvgIpc) is 2.43. The van der Waals surface area contributed by atoms with Crippen LogP contribution in [0.3, 0.4) is 0 Å². The molecule has 108 valence electrons. The lowest BCUT2D eigenvalue weighted by molar-refractivity contribution is -0.385. The Hall–Kier alpha value is -2.37. The number of carbonyl (C=O) groups excluding carboxylic acids is 1. The summed E-state index contributed by atoms with van der Waals surface area (Å²) in [6.45, 7) is 6.04. The van der Waals surface area contributed by atoms with Crippen LogP contribution in [0.2, 0.25) is 0 Å². The lowest BCUT2D eigenvalue weighted by atomic mass is 10.2. The SMILES string of the molecule is C=CC(=O)NCCCCOc1ccc(C)c([N+](=O)[O-])c1. The lowest BCUT2D eigenvalue weighted by Crippen LogP contribution is -2.22. The van der Waals surface area contributed by atoms with Gasteiger partial charge in [0.2, 0.25) is 5.91 Å². The Labute approximate surface area is 117 Å². The second-order valence-corrected chi connectivity index (χ2v) is 4.26. The van der Waals surface area contributed by atoms with Crippen molar-refractivity contribution in [1.82, 2.24) is 5.32 Å². The summed E-state index contributed by atoms with van der Waals surface area (Å²) in [6.07, 6.45) is 2.74. The van der Waals surface area contributed by atoms with Crippen LogP contribution in [0.15, 0.2) is 30.9 Å². The van der Waals surface area contributed by atoms with Gasteiger partial charge in [0.15, 0.2) is 0 Å². The highest BCUT2D eigenvalue weighted by molar-refractivity contribution is 5.86. The molecule has 20 heavy (non-hydrogen) atoms.